The van der Waals surface area contributed by atoms with Crippen LogP contribution in [0, 0.1) is 11.6 Å². The first kappa shape index (κ1) is 39.3. The van der Waals surface area contributed by atoms with Crippen molar-refractivity contribution < 1.29 is 18.4 Å². The van der Waals surface area contributed by atoms with E-state index in [0.29, 0.717) is 40.8 Å². The number of carbonyl (C=O) groups excluding carboxylic acids is 2. The Hall–Kier alpha value is -3.72. The minimum atomic E-state index is -0.656. The quantitative estimate of drug-likeness (QED) is 0.156. The molecule has 2 aromatic carbocycles. The molecule has 7 nitrogen and oxygen atoms in total. The van der Waals surface area contributed by atoms with Crippen molar-refractivity contribution in [3.63, 3.8) is 0 Å². The number of hydrogen-bond acceptors (Lipinski definition) is 6. The molecule has 2 fully saturated rings. The molecule has 0 aliphatic carbocycles. The van der Waals surface area contributed by atoms with Crippen LogP contribution in [0.15, 0.2) is 46.9 Å². The van der Waals surface area contributed by atoms with Crippen molar-refractivity contribution in [1.29, 1.82) is 0 Å². The van der Waals surface area contributed by atoms with Gasteiger partial charge in [0.25, 0.3) is 0 Å². The highest BCUT2D eigenvalue weighted by atomic mass is 19.1. The minimum Gasteiger partial charge on any atom is -0.371 e. The zero-order valence-electron chi connectivity index (χ0n) is 28.0. The standard InChI is InChI=1S/C24H25F2N3O.C5H11NO.C5H11N.C2H6/c1-4-9-28-24-21(16(2)29-10-7-20(27-3)8-11-29)13-19(25)14-22(24)17-5-6-18(15-30)23(26)12-17;1-2-3-4-6-5-7;1-6-4-2-3-5-6;1-2/h5-6,9,12-15,20H,2-4,7-8,10-11H2,1H3;5H,2-4H2,1H3,(H,6,7);2-5H2,1H3;1-2H3. The van der Waals surface area contributed by atoms with Gasteiger partial charge in [-0.25, -0.2) is 8.78 Å². The molecule has 0 radical (unpaired) electrons. The number of piperidine rings is 1. The molecule has 248 valence electrons. The third-order valence-electron chi connectivity index (χ3n) is 7.42. The van der Waals surface area contributed by atoms with E-state index in [0.717, 1.165) is 51.7 Å². The molecule has 4 rings (SSSR count). The second-order valence-electron chi connectivity index (χ2n) is 10.7. The van der Waals surface area contributed by atoms with E-state index in [1.54, 1.807) is 12.3 Å². The number of benzene rings is 2. The van der Waals surface area contributed by atoms with E-state index in [2.05, 4.69) is 52.4 Å². The molecule has 2 aliphatic rings. The number of amides is 1. The molecule has 9 heteroatoms. The fourth-order valence-corrected chi connectivity index (χ4v) is 4.85. The average molecular weight is 626 g/mol. The van der Waals surface area contributed by atoms with E-state index in [1.807, 2.05) is 20.8 Å². The van der Waals surface area contributed by atoms with Gasteiger partial charge in [0.05, 0.1) is 17.3 Å². The molecule has 0 unspecified atom stereocenters. The van der Waals surface area contributed by atoms with E-state index in [-0.39, 0.29) is 11.6 Å². The SMILES string of the molecule is C=NC1CCN(C(=C)c2cc(F)cc(-c3ccc(C=O)c(F)c3)c2N=CCC)CC1.CC.CCCCNC=O.CN1CCCC1. The summed E-state index contributed by atoms with van der Waals surface area (Å²) in [5, 5.41) is 2.57. The van der Waals surface area contributed by atoms with Crippen LogP contribution in [0.25, 0.3) is 16.8 Å². The fraction of sp³-hybridized carbons (Fsp3) is 0.500. The summed E-state index contributed by atoms with van der Waals surface area (Å²) in [5.74, 6) is -1.12. The molecular formula is C36H53F2N5O2. The number of likely N-dealkylation sites (tertiary alicyclic amines) is 2. The average Bonchev–Trinajstić information content (AvgIpc) is 3.56. The Morgan fingerprint density at radius 3 is 2.20 bits per heavy atom. The molecule has 1 amide bonds. The maximum absolute atomic E-state index is 14.6. The summed E-state index contributed by atoms with van der Waals surface area (Å²) in [6, 6.07) is 7.20. The fourth-order valence-electron chi connectivity index (χ4n) is 4.85. The van der Waals surface area contributed by atoms with Crippen molar-refractivity contribution in [2.24, 2.45) is 9.98 Å². The molecule has 0 saturated carbocycles. The van der Waals surface area contributed by atoms with E-state index in [1.165, 1.54) is 50.2 Å². The van der Waals surface area contributed by atoms with Gasteiger partial charge in [0.1, 0.15) is 11.6 Å². The molecule has 2 saturated heterocycles. The first-order chi connectivity index (χ1) is 21.8. The Balaban J connectivity index is 0.000000555. The third-order valence-corrected chi connectivity index (χ3v) is 7.42. The van der Waals surface area contributed by atoms with Gasteiger partial charge in [-0.05, 0) is 95.2 Å². The van der Waals surface area contributed by atoms with Gasteiger partial charge in [0.2, 0.25) is 6.41 Å². The Labute approximate surface area is 269 Å². The van der Waals surface area contributed by atoms with Crippen molar-refractivity contribution in [1.82, 2.24) is 15.1 Å². The highest BCUT2D eigenvalue weighted by molar-refractivity contribution is 5.88. The van der Waals surface area contributed by atoms with Crippen LogP contribution in [-0.2, 0) is 4.79 Å². The number of halogens is 2. The Kier molecular flexibility index (Phi) is 19.9. The van der Waals surface area contributed by atoms with Crippen LogP contribution in [0.5, 0.6) is 0 Å². The topological polar surface area (TPSA) is 77.4 Å². The molecule has 1 N–H and O–H groups in total. The molecule has 45 heavy (non-hydrogen) atoms. The molecule has 0 atom stereocenters. The van der Waals surface area contributed by atoms with Gasteiger partial charge >= 0.3 is 0 Å². The first-order valence-corrected chi connectivity index (χ1v) is 16.2. The minimum absolute atomic E-state index is 0.0444. The Bertz CT molecular complexity index is 1220. The molecule has 0 bridgehead atoms. The summed E-state index contributed by atoms with van der Waals surface area (Å²) in [6.07, 6.45) is 10.4. The van der Waals surface area contributed by atoms with Crippen molar-refractivity contribution in [3.05, 3.63) is 59.7 Å². The van der Waals surface area contributed by atoms with Gasteiger partial charge in [-0.1, -0.05) is 46.8 Å². The Morgan fingerprint density at radius 2 is 1.71 bits per heavy atom. The zero-order valence-corrected chi connectivity index (χ0v) is 28.0. The first-order valence-electron chi connectivity index (χ1n) is 16.2. The van der Waals surface area contributed by atoms with E-state index in [9.17, 15) is 18.4 Å². The van der Waals surface area contributed by atoms with Crippen LogP contribution in [-0.4, -0.2) is 81.2 Å². The highest BCUT2D eigenvalue weighted by Crippen LogP contribution is 2.39. The van der Waals surface area contributed by atoms with Crippen LogP contribution in [0.4, 0.5) is 14.5 Å². The van der Waals surface area contributed by atoms with Crippen LogP contribution in [0.1, 0.15) is 88.6 Å². The summed E-state index contributed by atoms with van der Waals surface area (Å²) in [6.45, 7) is 20.8. The van der Waals surface area contributed by atoms with Gasteiger partial charge in [-0.3, -0.25) is 19.6 Å². The van der Waals surface area contributed by atoms with E-state index < -0.39 is 11.6 Å². The number of hydrogen-bond donors (Lipinski definition) is 1. The van der Waals surface area contributed by atoms with Crippen LogP contribution in [0.3, 0.4) is 0 Å². The predicted molar refractivity (Wildman–Crippen MR) is 186 cm³/mol. The molecule has 0 aromatic heterocycles. The zero-order chi connectivity index (χ0) is 33.6. The highest BCUT2D eigenvalue weighted by Gasteiger charge is 2.23. The predicted octanol–water partition coefficient (Wildman–Crippen LogP) is 7.96. The van der Waals surface area contributed by atoms with E-state index >= 15 is 0 Å². The summed E-state index contributed by atoms with van der Waals surface area (Å²) in [4.78, 5) is 33.7. The van der Waals surface area contributed by atoms with Crippen LogP contribution < -0.4 is 5.32 Å². The number of aliphatic imine (C=N–C) groups is 2. The number of nitrogens with one attached hydrogen (secondary N) is 1. The maximum Gasteiger partial charge on any atom is 0.207 e. The van der Waals surface area contributed by atoms with Crippen molar-refractivity contribution in [2.75, 3.05) is 39.8 Å². The smallest absolute Gasteiger partial charge is 0.207 e. The molecule has 2 heterocycles. The van der Waals surface area contributed by atoms with Gasteiger partial charge in [0, 0.05) is 42.7 Å². The lowest BCUT2D eigenvalue weighted by Crippen LogP contribution is -2.33. The van der Waals surface area contributed by atoms with Gasteiger partial charge in [-0.15, -0.1) is 0 Å². The van der Waals surface area contributed by atoms with Gasteiger partial charge in [0.15, 0.2) is 6.29 Å². The summed E-state index contributed by atoms with van der Waals surface area (Å²) < 4.78 is 28.9. The second kappa shape index (κ2) is 22.7. The van der Waals surface area contributed by atoms with E-state index in [4.69, 9.17) is 0 Å². The maximum atomic E-state index is 14.6. The lowest BCUT2D eigenvalue weighted by molar-refractivity contribution is -0.109. The molecular weight excluding hydrogens is 572 g/mol. The van der Waals surface area contributed by atoms with Crippen LogP contribution in [0.2, 0.25) is 0 Å². The van der Waals surface area contributed by atoms with Crippen molar-refractivity contribution >= 4 is 37.0 Å². The lowest BCUT2D eigenvalue weighted by atomic mass is 9.96. The summed E-state index contributed by atoms with van der Waals surface area (Å²) in [5.41, 5.74) is 2.63. The monoisotopic (exact) mass is 625 g/mol. The molecule has 0 spiro atoms. The number of unbranched alkanes of at least 4 members (excludes halogenated alkanes) is 1. The second-order valence-corrected chi connectivity index (χ2v) is 10.7. The Morgan fingerprint density at radius 1 is 1.04 bits per heavy atom. The number of carbonyl (C=O) groups is 2. The van der Waals surface area contributed by atoms with Gasteiger partial charge < -0.3 is 15.1 Å². The summed E-state index contributed by atoms with van der Waals surface area (Å²) in [7, 11) is 2.17. The lowest BCUT2D eigenvalue weighted by Gasteiger charge is -2.34. The largest absolute Gasteiger partial charge is 0.371 e. The van der Waals surface area contributed by atoms with Gasteiger partial charge in [-0.2, -0.15) is 0 Å². The summed E-state index contributed by atoms with van der Waals surface area (Å²) >= 11 is 0. The number of nitrogens with zero attached hydrogens (tertiary/aromatic N) is 4. The van der Waals surface area contributed by atoms with Crippen LogP contribution >= 0.6 is 0 Å². The van der Waals surface area contributed by atoms with Crippen molar-refractivity contribution in [3.8, 4) is 11.1 Å². The molecule has 2 aliphatic heterocycles. The number of aldehydes is 1. The number of rotatable bonds is 11. The normalized spacial score (nSPS) is 14.7. The molecule has 2 aromatic rings. The van der Waals surface area contributed by atoms with Crippen molar-refractivity contribution in [2.45, 2.75) is 78.7 Å². The third kappa shape index (κ3) is 13.4.